The first-order valence-electron chi connectivity index (χ1n) is 7.26. The molecule has 1 aromatic rings. The molecule has 0 aliphatic carbocycles. The van der Waals surface area contributed by atoms with Crippen LogP contribution in [0.5, 0.6) is 0 Å². The summed E-state index contributed by atoms with van der Waals surface area (Å²) in [6.45, 7) is 6.40. The summed E-state index contributed by atoms with van der Waals surface area (Å²) >= 11 is 3.62. The van der Waals surface area contributed by atoms with E-state index < -0.39 is 0 Å². The standard InChI is InChI=1S/C16H25BrN2O/c1-11-9-19(3)12(2)8-16(11)18-15-7-5-6-14(17)13(15)10-20-4/h5-7,11-12,16,18H,8-10H2,1-4H3. The second kappa shape index (κ2) is 6.92. The zero-order chi connectivity index (χ0) is 14.7. The average Bonchev–Trinajstić information content (AvgIpc) is 2.40. The highest BCUT2D eigenvalue weighted by Crippen LogP contribution is 2.29. The molecule has 1 heterocycles. The Morgan fingerprint density at radius 2 is 2.15 bits per heavy atom. The van der Waals surface area contributed by atoms with Crippen LogP contribution in [-0.4, -0.2) is 37.7 Å². The molecule has 3 unspecified atom stereocenters. The van der Waals surface area contributed by atoms with Gasteiger partial charge in [0, 0.05) is 41.5 Å². The molecule has 1 aromatic carbocycles. The van der Waals surface area contributed by atoms with E-state index in [0.29, 0.717) is 24.6 Å². The number of benzene rings is 1. The van der Waals surface area contributed by atoms with Crippen molar-refractivity contribution in [3.8, 4) is 0 Å². The Bertz CT molecular complexity index is 452. The van der Waals surface area contributed by atoms with Gasteiger partial charge < -0.3 is 15.0 Å². The molecule has 1 aliphatic rings. The third-order valence-corrected chi connectivity index (χ3v) is 5.10. The lowest BCUT2D eigenvalue weighted by Gasteiger charge is -2.40. The number of nitrogens with zero attached hydrogens (tertiary/aromatic N) is 1. The van der Waals surface area contributed by atoms with Gasteiger partial charge in [-0.05, 0) is 38.4 Å². The molecule has 1 saturated heterocycles. The molecule has 3 nitrogen and oxygen atoms in total. The first-order chi connectivity index (χ1) is 9.52. The quantitative estimate of drug-likeness (QED) is 0.903. The Hall–Kier alpha value is -0.580. The lowest BCUT2D eigenvalue weighted by Crippen LogP contribution is -2.48. The summed E-state index contributed by atoms with van der Waals surface area (Å²) in [7, 11) is 3.95. The lowest BCUT2D eigenvalue weighted by molar-refractivity contribution is 0.145. The molecule has 0 saturated carbocycles. The van der Waals surface area contributed by atoms with Gasteiger partial charge in [-0.1, -0.05) is 28.9 Å². The third kappa shape index (κ3) is 3.54. The summed E-state index contributed by atoms with van der Waals surface area (Å²) in [6.07, 6.45) is 1.18. The van der Waals surface area contributed by atoms with Gasteiger partial charge in [0.2, 0.25) is 0 Å². The van der Waals surface area contributed by atoms with Crippen molar-refractivity contribution in [2.24, 2.45) is 5.92 Å². The van der Waals surface area contributed by atoms with Gasteiger partial charge >= 0.3 is 0 Å². The zero-order valence-corrected chi connectivity index (χ0v) is 14.4. The van der Waals surface area contributed by atoms with Gasteiger partial charge in [0.1, 0.15) is 0 Å². The number of nitrogens with one attached hydrogen (secondary N) is 1. The third-order valence-electron chi connectivity index (χ3n) is 4.36. The summed E-state index contributed by atoms with van der Waals surface area (Å²) in [5, 5.41) is 3.74. The molecule has 1 N–H and O–H groups in total. The minimum Gasteiger partial charge on any atom is -0.382 e. The van der Waals surface area contributed by atoms with Crippen molar-refractivity contribution in [2.75, 3.05) is 26.0 Å². The van der Waals surface area contributed by atoms with Gasteiger partial charge in [0.05, 0.1) is 6.61 Å². The molecule has 20 heavy (non-hydrogen) atoms. The molecule has 0 aromatic heterocycles. The van der Waals surface area contributed by atoms with Gasteiger partial charge in [-0.15, -0.1) is 0 Å². The van der Waals surface area contributed by atoms with E-state index in [0.717, 1.165) is 11.0 Å². The molecule has 0 spiro atoms. The molecule has 2 rings (SSSR count). The summed E-state index contributed by atoms with van der Waals surface area (Å²) < 4.78 is 6.43. The van der Waals surface area contributed by atoms with Gasteiger partial charge in [0.25, 0.3) is 0 Å². The fourth-order valence-electron chi connectivity index (χ4n) is 2.93. The van der Waals surface area contributed by atoms with Crippen molar-refractivity contribution in [3.63, 3.8) is 0 Å². The van der Waals surface area contributed by atoms with Crippen molar-refractivity contribution in [1.82, 2.24) is 4.90 Å². The fraction of sp³-hybridized carbons (Fsp3) is 0.625. The Kier molecular flexibility index (Phi) is 5.47. The number of likely N-dealkylation sites (tertiary alicyclic amines) is 1. The second-order valence-electron chi connectivity index (χ2n) is 5.95. The summed E-state index contributed by atoms with van der Waals surface area (Å²) in [6, 6.07) is 7.44. The minimum atomic E-state index is 0.520. The molecule has 0 amide bonds. The highest BCUT2D eigenvalue weighted by molar-refractivity contribution is 9.10. The Morgan fingerprint density at radius 1 is 1.40 bits per heavy atom. The maximum atomic E-state index is 5.33. The Balaban J connectivity index is 2.15. The predicted molar refractivity (Wildman–Crippen MR) is 88.1 cm³/mol. The van der Waals surface area contributed by atoms with Crippen LogP contribution in [0.4, 0.5) is 5.69 Å². The summed E-state index contributed by atoms with van der Waals surface area (Å²) in [5.74, 6) is 0.644. The summed E-state index contributed by atoms with van der Waals surface area (Å²) in [5.41, 5.74) is 2.39. The molecule has 1 fully saturated rings. The lowest BCUT2D eigenvalue weighted by atomic mass is 9.89. The molecule has 3 atom stereocenters. The largest absolute Gasteiger partial charge is 0.382 e. The van der Waals surface area contributed by atoms with Crippen LogP contribution in [0.1, 0.15) is 25.8 Å². The maximum Gasteiger partial charge on any atom is 0.0744 e. The van der Waals surface area contributed by atoms with Crippen LogP contribution >= 0.6 is 15.9 Å². The highest BCUT2D eigenvalue weighted by Gasteiger charge is 2.29. The average molecular weight is 341 g/mol. The molecule has 1 aliphatic heterocycles. The van der Waals surface area contributed by atoms with Crippen molar-refractivity contribution >= 4 is 21.6 Å². The van der Waals surface area contributed by atoms with Crippen LogP contribution < -0.4 is 5.32 Å². The van der Waals surface area contributed by atoms with Gasteiger partial charge in [-0.2, -0.15) is 0 Å². The van der Waals surface area contributed by atoms with Crippen molar-refractivity contribution in [3.05, 3.63) is 28.2 Å². The van der Waals surface area contributed by atoms with Crippen LogP contribution in [0.2, 0.25) is 0 Å². The van der Waals surface area contributed by atoms with Crippen LogP contribution in [-0.2, 0) is 11.3 Å². The number of methoxy groups -OCH3 is 1. The van der Waals surface area contributed by atoms with Crippen molar-refractivity contribution < 1.29 is 4.74 Å². The van der Waals surface area contributed by atoms with E-state index in [1.54, 1.807) is 7.11 Å². The number of halogens is 1. The minimum absolute atomic E-state index is 0.520. The van der Waals surface area contributed by atoms with Crippen molar-refractivity contribution in [2.45, 2.75) is 39.0 Å². The zero-order valence-electron chi connectivity index (χ0n) is 12.8. The molecule has 112 valence electrons. The maximum absolute atomic E-state index is 5.33. The van der Waals surface area contributed by atoms with E-state index in [2.05, 4.69) is 65.2 Å². The molecule has 0 bridgehead atoms. The number of hydrogen-bond acceptors (Lipinski definition) is 3. The van der Waals surface area contributed by atoms with Gasteiger partial charge in [0.15, 0.2) is 0 Å². The van der Waals surface area contributed by atoms with Gasteiger partial charge in [-0.25, -0.2) is 0 Å². The monoisotopic (exact) mass is 340 g/mol. The van der Waals surface area contributed by atoms with Crippen molar-refractivity contribution in [1.29, 1.82) is 0 Å². The molecular weight excluding hydrogens is 316 g/mol. The van der Waals surface area contributed by atoms with E-state index in [1.807, 2.05) is 0 Å². The van der Waals surface area contributed by atoms with E-state index in [4.69, 9.17) is 4.74 Å². The number of rotatable bonds is 4. The predicted octanol–water partition coefficient (Wildman–Crippen LogP) is 3.74. The van der Waals surface area contributed by atoms with Crippen LogP contribution in [0.15, 0.2) is 22.7 Å². The SMILES string of the molecule is COCc1c(Br)cccc1NC1CC(C)N(C)CC1C. The van der Waals surface area contributed by atoms with Gasteiger partial charge in [-0.3, -0.25) is 0 Å². The summed E-state index contributed by atoms with van der Waals surface area (Å²) in [4.78, 5) is 2.44. The Labute approximate surface area is 130 Å². The first kappa shape index (κ1) is 15.8. The topological polar surface area (TPSA) is 24.5 Å². The number of hydrogen-bond donors (Lipinski definition) is 1. The van der Waals surface area contributed by atoms with E-state index in [-0.39, 0.29) is 0 Å². The van der Waals surface area contributed by atoms with E-state index >= 15 is 0 Å². The number of anilines is 1. The fourth-order valence-corrected chi connectivity index (χ4v) is 3.41. The Morgan fingerprint density at radius 3 is 2.85 bits per heavy atom. The smallest absolute Gasteiger partial charge is 0.0744 e. The first-order valence-corrected chi connectivity index (χ1v) is 8.05. The van der Waals surface area contributed by atoms with Crippen LogP contribution in [0.3, 0.4) is 0 Å². The van der Waals surface area contributed by atoms with E-state index in [9.17, 15) is 0 Å². The second-order valence-corrected chi connectivity index (χ2v) is 6.81. The molecular formula is C16H25BrN2O. The number of piperidine rings is 1. The molecule has 0 radical (unpaired) electrons. The highest BCUT2D eigenvalue weighted by atomic mass is 79.9. The normalized spacial score (nSPS) is 27.6. The number of ether oxygens (including phenoxy) is 1. The van der Waals surface area contributed by atoms with Crippen LogP contribution in [0.25, 0.3) is 0 Å². The molecule has 4 heteroatoms. The van der Waals surface area contributed by atoms with E-state index in [1.165, 1.54) is 17.7 Å². The van der Waals surface area contributed by atoms with Crippen LogP contribution in [0, 0.1) is 5.92 Å².